The normalized spacial score (nSPS) is 13.2. The topological polar surface area (TPSA) is 57.7 Å². The van der Waals surface area contributed by atoms with E-state index in [1.165, 1.54) is 7.05 Å². The van der Waals surface area contributed by atoms with E-state index in [9.17, 15) is 13.2 Å². The minimum atomic E-state index is -3.46. The maximum absolute atomic E-state index is 12.6. The van der Waals surface area contributed by atoms with Crippen molar-refractivity contribution in [1.29, 1.82) is 0 Å². The van der Waals surface area contributed by atoms with Crippen LogP contribution in [-0.2, 0) is 14.8 Å². The zero-order valence-electron chi connectivity index (χ0n) is 12.4. The van der Waals surface area contributed by atoms with Gasteiger partial charge in [0.2, 0.25) is 15.9 Å². The molecular formula is C14H22N2O3S. The average molecular weight is 298 g/mol. The van der Waals surface area contributed by atoms with Crippen molar-refractivity contribution in [3.8, 4) is 0 Å². The number of amides is 1. The highest BCUT2D eigenvalue weighted by molar-refractivity contribution is 7.88. The third-order valence-electron chi connectivity index (χ3n) is 3.31. The van der Waals surface area contributed by atoms with E-state index >= 15 is 0 Å². The second-order valence-corrected chi connectivity index (χ2v) is 6.64. The summed E-state index contributed by atoms with van der Waals surface area (Å²) in [5.74, 6) is -0.200. The molecule has 0 bridgehead atoms. The van der Waals surface area contributed by atoms with Crippen LogP contribution in [0.15, 0.2) is 30.3 Å². The Labute approximate surface area is 121 Å². The molecule has 0 aliphatic rings. The van der Waals surface area contributed by atoms with Gasteiger partial charge in [-0.25, -0.2) is 8.42 Å². The van der Waals surface area contributed by atoms with Gasteiger partial charge >= 0.3 is 0 Å². The lowest BCUT2D eigenvalue weighted by molar-refractivity contribution is -0.134. The van der Waals surface area contributed by atoms with Crippen LogP contribution in [0.3, 0.4) is 0 Å². The molecule has 0 aliphatic carbocycles. The molecular weight excluding hydrogens is 276 g/mol. The third kappa shape index (κ3) is 3.80. The first-order valence-corrected chi connectivity index (χ1v) is 8.44. The zero-order valence-corrected chi connectivity index (χ0v) is 13.2. The number of hydrogen-bond acceptors (Lipinski definition) is 3. The highest BCUT2D eigenvalue weighted by atomic mass is 32.2. The van der Waals surface area contributed by atoms with Crippen LogP contribution in [0.25, 0.3) is 0 Å². The molecule has 5 nitrogen and oxygen atoms in total. The Balaban J connectivity index is 3.25. The standard InChI is InChI=1S/C14H22N2O3S/c1-5-16(6-2)14(17)13(15(3)20(4,18)19)12-10-8-7-9-11-12/h7-11,13H,5-6H2,1-4H3/t13-/m1/s1. The molecule has 0 aromatic heterocycles. The number of hydrogen-bond donors (Lipinski definition) is 0. The Bertz CT molecular complexity index is 539. The molecule has 0 saturated heterocycles. The van der Waals surface area contributed by atoms with Crippen molar-refractivity contribution in [2.24, 2.45) is 0 Å². The van der Waals surface area contributed by atoms with E-state index in [4.69, 9.17) is 0 Å². The highest BCUT2D eigenvalue weighted by Gasteiger charge is 2.32. The summed E-state index contributed by atoms with van der Waals surface area (Å²) in [5, 5.41) is 0. The molecule has 0 fully saturated rings. The van der Waals surface area contributed by atoms with Gasteiger partial charge in [-0.1, -0.05) is 30.3 Å². The van der Waals surface area contributed by atoms with Crippen LogP contribution >= 0.6 is 0 Å². The number of carbonyl (C=O) groups excluding carboxylic acids is 1. The third-order valence-corrected chi connectivity index (χ3v) is 4.57. The van der Waals surface area contributed by atoms with Gasteiger partial charge in [0.1, 0.15) is 6.04 Å². The molecule has 0 N–H and O–H groups in total. The summed E-state index contributed by atoms with van der Waals surface area (Å²) in [4.78, 5) is 14.3. The first-order chi connectivity index (χ1) is 9.32. The minimum Gasteiger partial charge on any atom is -0.342 e. The summed E-state index contributed by atoms with van der Waals surface area (Å²) in [7, 11) is -2.02. The van der Waals surface area contributed by atoms with Crippen molar-refractivity contribution < 1.29 is 13.2 Å². The van der Waals surface area contributed by atoms with E-state index in [-0.39, 0.29) is 5.91 Å². The van der Waals surface area contributed by atoms with Crippen LogP contribution in [0.5, 0.6) is 0 Å². The molecule has 112 valence electrons. The van der Waals surface area contributed by atoms with Crippen LogP contribution in [0.1, 0.15) is 25.5 Å². The monoisotopic (exact) mass is 298 g/mol. The number of likely N-dealkylation sites (N-methyl/N-ethyl adjacent to an activating group) is 2. The Morgan fingerprint density at radius 2 is 1.65 bits per heavy atom. The van der Waals surface area contributed by atoms with Crippen molar-refractivity contribution >= 4 is 15.9 Å². The fraction of sp³-hybridized carbons (Fsp3) is 0.500. The Kier molecular flexibility index (Phi) is 5.71. The fourth-order valence-electron chi connectivity index (χ4n) is 2.04. The van der Waals surface area contributed by atoms with E-state index in [1.54, 1.807) is 29.2 Å². The second kappa shape index (κ2) is 6.85. The van der Waals surface area contributed by atoms with Crippen molar-refractivity contribution in [2.75, 3.05) is 26.4 Å². The second-order valence-electron chi connectivity index (χ2n) is 4.60. The van der Waals surface area contributed by atoms with E-state index in [0.29, 0.717) is 18.7 Å². The summed E-state index contributed by atoms with van der Waals surface area (Å²) < 4.78 is 24.7. The van der Waals surface area contributed by atoms with Gasteiger partial charge in [0, 0.05) is 20.1 Å². The average Bonchev–Trinajstić information content (AvgIpc) is 2.40. The Morgan fingerprint density at radius 3 is 2.05 bits per heavy atom. The van der Waals surface area contributed by atoms with Gasteiger partial charge in [-0.3, -0.25) is 4.79 Å². The van der Waals surface area contributed by atoms with E-state index in [2.05, 4.69) is 0 Å². The predicted molar refractivity (Wildman–Crippen MR) is 79.7 cm³/mol. The van der Waals surface area contributed by atoms with Gasteiger partial charge in [-0.2, -0.15) is 4.31 Å². The number of sulfonamides is 1. The molecule has 6 heteroatoms. The molecule has 0 saturated carbocycles. The van der Waals surface area contributed by atoms with Crippen molar-refractivity contribution in [1.82, 2.24) is 9.21 Å². The van der Waals surface area contributed by atoms with Gasteiger partial charge in [0.15, 0.2) is 0 Å². The van der Waals surface area contributed by atoms with Crippen LogP contribution in [0.2, 0.25) is 0 Å². The van der Waals surface area contributed by atoms with Gasteiger partial charge in [0.05, 0.1) is 6.26 Å². The SMILES string of the molecule is CCN(CC)C(=O)[C@@H](c1ccccc1)N(C)S(C)(=O)=O. The van der Waals surface area contributed by atoms with Gasteiger partial charge < -0.3 is 4.90 Å². The first kappa shape index (κ1) is 16.7. The molecule has 0 aliphatic heterocycles. The summed E-state index contributed by atoms with van der Waals surface area (Å²) >= 11 is 0. The minimum absolute atomic E-state index is 0.200. The van der Waals surface area contributed by atoms with Crippen LogP contribution in [-0.4, -0.2) is 49.9 Å². The maximum Gasteiger partial charge on any atom is 0.245 e. The van der Waals surface area contributed by atoms with Crippen molar-refractivity contribution in [3.63, 3.8) is 0 Å². The molecule has 0 radical (unpaired) electrons. The van der Waals surface area contributed by atoms with Crippen LogP contribution in [0.4, 0.5) is 0 Å². The number of rotatable bonds is 6. The molecule has 0 heterocycles. The molecule has 1 amide bonds. The summed E-state index contributed by atoms with van der Waals surface area (Å²) in [6.07, 6.45) is 1.11. The Hall–Kier alpha value is -1.40. The highest BCUT2D eigenvalue weighted by Crippen LogP contribution is 2.24. The number of benzene rings is 1. The molecule has 1 aromatic carbocycles. The van der Waals surface area contributed by atoms with E-state index in [0.717, 1.165) is 10.6 Å². The zero-order chi connectivity index (χ0) is 15.3. The summed E-state index contributed by atoms with van der Waals surface area (Å²) in [6, 6.07) is 8.16. The van der Waals surface area contributed by atoms with E-state index in [1.807, 2.05) is 19.9 Å². The van der Waals surface area contributed by atoms with Crippen molar-refractivity contribution in [3.05, 3.63) is 35.9 Å². The molecule has 0 spiro atoms. The lowest BCUT2D eigenvalue weighted by Gasteiger charge is -2.30. The predicted octanol–water partition coefficient (Wildman–Crippen LogP) is 1.49. The fourth-order valence-corrected chi connectivity index (χ4v) is 2.64. The molecule has 0 unspecified atom stereocenters. The lowest BCUT2D eigenvalue weighted by Crippen LogP contribution is -2.43. The molecule has 1 atom stereocenters. The molecule has 20 heavy (non-hydrogen) atoms. The number of nitrogens with zero attached hydrogens (tertiary/aromatic N) is 2. The first-order valence-electron chi connectivity index (χ1n) is 6.59. The largest absolute Gasteiger partial charge is 0.342 e. The van der Waals surface area contributed by atoms with Crippen LogP contribution in [0, 0.1) is 0 Å². The van der Waals surface area contributed by atoms with Gasteiger partial charge in [0.25, 0.3) is 0 Å². The Morgan fingerprint density at radius 1 is 1.15 bits per heavy atom. The van der Waals surface area contributed by atoms with Crippen molar-refractivity contribution in [2.45, 2.75) is 19.9 Å². The molecule has 1 aromatic rings. The van der Waals surface area contributed by atoms with Crippen LogP contribution < -0.4 is 0 Å². The quantitative estimate of drug-likeness (QED) is 0.799. The van der Waals surface area contributed by atoms with Gasteiger partial charge in [-0.15, -0.1) is 0 Å². The maximum atomic E-state index is 12.6. The van der Waals surface area contributed by atoms with E-state index < -0.39 is 16.1 Å². The summed E-state index contributed by atoms with van der Waals surface area (Å²) in [6.45, 7) is 4.86. The summed E-state index contributed by atoms with van der Waals surface area (Å²) in [5.41, 5.74) is 0.678. The van der Waals surface area contributed by atoms with Gasteiger partial charge in [-0.05, 0) is 19.4 Å². The lowest BCUT2D eigenvalue weighted by atomic mass is 10.1. The molecule has 1 rings (SSSR count). The number of carbonyl (C=O) groups is 1. The smallest absolute Gasteiger partial charge is 0.245 e.